The van der Waals surface area contributed by atoms with Crippen LogP contribution in [0.4, 0.5) is 0 Å². The standard InChI is InChI=1S/C18H18O10S2.2Na/c1-26-14-7-5-11(8-17(14)29(20,21)22)4-6-13(19)12-9-18(30(23,24)25)16(28-3)10-15(12)27-2;;/h4-10H,1-3H3,(H,20,21,22)(H,23,24,25);;/q;2*+1/p-2. The molecule has 10 nitrogen and oxygen atoms in total. The van der Waals surface area contributed by atoms with Crippen molar-refractivity contribution in [2.45, 2.75) is 9.79 Å². The fraction of sp³-hybridized carbons (Fsp3) is 0.167. The molecule has 2 aromatic carbocycles. The minimum Gasteiger partial charge on any atom is -0.744 e. The van der Waals surface area contributed by atoms with E-state index in [2.05, 4.69) is 0 Å². The van der Waals surface area contributed by atoms with Gasteiger partial charge in [0.2, 0.25) is 0 Å². The van der Waals surface area contributed by atoms with E-state index in [0.29, 0.717) is 0 Å². The number of hydrogen-bond acceptors (Lipinski definition) is 10. The molecular formula is C18H16Na2O10S2. The summed E-state index contributed by atoms with van der Waals surface area (Å²) in [5, 5.41) is 0. The third-order valence-electron chi connectivity index (χ3n) is 3.90. The van der Waals surface area contributed by atoms with Crippen LogP contribution < -0.4 is 73.3 Å². The van der Waals surface area contributed by atoms with Crippen LogP contribution in [-0.2, 0) is 20.2 Å². The number of methoxy groups -OCH3 is 3. The van der Waals surface area contributed by atoms with Gasteiger partial charge < -0.3 is 23.3 Å². The number of carbonyl (C=O) groups excluding carboxylic acids is 1. The van der Waals surface area contributed by atoms with E-state index >= 15 is 0 Å². The largest absolute Gasteiger partial charge is 1.00 e. The van der Waals surface area contributed by atoms with Crippen molar-refractivity contribution in [3.8, 4) is 17.2 Å². The third-order valence-corrected chi connectivity index (χ3v) is 5.62. The van der Waals surface area contributed by atoms with Crippen molar-refractivity contribution in [1.29, 1.82) is 0 Å². The molecule has 0 fully saturated rings. The van der Waals surface area contributed by atoms with E-state index in [0.717, 1.165) is 31.4 Å². The minimum atomic E-state index is -4.95. The number of carbonyl (C=O) groups is 1. The first kappa shape index (κ1) is 31.1. The maximum absolute atomic E-state index is 12.6. The van der Waals surface area contributed by atoms with E-state index in [1.165, 1.54) is 32.4 Å². The monoisotopic (exact) mass is 502 g/mol. The second-order valence-corrected chi connectivity index (χ2v) is 8.42. The van der Waals surface area contributed by atoms with E-state index in [1.54, 1.807) is 0 Å². The van der Waals surface area contributed by atoms with Gasteiger partial charge in [-0.3, -0.25) is 4.79 Å². The average molecular weight is 502 g/mol. The van der Waals surface area contributed by atoms with Crippen LogP contribution in [0.1, 0.15) is 15.9 Å². The second kappa shape index (κ2) is 12.5. The van der Waals surface area contributed by atoms with Gasteiger partial charge in [-0.1, -0.05) is 12.1 Å². The van der Waals surface area contributed by atoms with Crippen LogP contribution in [0.15, 0.2) is 46.2 Å². The molecule has 0 saturated carbocycles. The summed E-state index contributed by atoms with van der Waals surface area (Å²) in [6, 6.07) is 5.57. The van der Waals surface area contributed by atoms with Gasteiger partial charge in [-0.15, -0.1) is 0 Å². The first-order valence-electron chi connectivity index (χ1n) is 8.00. The van der Waals surface area contributed by atoms with Crippen molar-refractivity contribution < 1.29 is 104 Å². The van der Waals surface area contributed by atoms with Crippen molar-refractivity contribution in [2.24, 2.45) is 0 Å². The van der Waals surface area contributed by atoms with E-state index in [1.807, 2.05) is 0 Å². The quantitative estimate of drug-likeness (QED) is 0.149. The molecular weight excluding hydrogens is 486 g/mol. The molecule has 0 unspecified atom stereocenters. The SMILES string of the molecule is COc1cc(OC)c(S(=O)(=O)[O-])cc1C(=O)C=Cc1ccc(OC)c(S(=O)(=O)[O-])c1.[Na+].[Na+]. The molecule has 0 amide bonds. The fourth-order valence-corrected chi connectivity index (χ4v) is 3.84. The van der Waals surface area contributed by atoms with E-state index in [4.69, 9.17) is 14.2 Å². The molecule has 2 rings (SSSR count). The number of hydrogen-bond donors (Lipinski definition) is 0. The van der Waals surface area contributed by atoms with Crippen LogP contribution in [0.25, 0.3) is 6.08 Å². The first-order valence-corrected chi connectivity index (χ1v) is 10.8. The predicted octanol–water partition coefficient (Wildman–Crippen LogP) is -4.58. The van der Waals surface area contributed by atoms with Gasteiger partial charge >= 0.3 is 59.1 Å². The first-order chi connectivity index (χ1) is 13.9. The van der Waals surface area contributed by atoms with Gasteiger partial charge in [-0.2, -0.15) is 0 Å². The van der Waals surface area contributed by atoms with Crippen LogP contribution in [0.2, 0.25) is 0 Å². The number of allylic oxidation sites excluding steroid dienone is 1. The van der Waals surface area contributed by atoms with Gasteiger partial charge in [0.05, 0.1) is 36.7 Å². The summed E-state index contributed by atoms with van der Waals surface area (Å²) in [6.07, 6.45) is 2.19. The van der Waals surface area contributed by atoms with Gasteiger partial charge in [0.25, 0.3) is 0 Å². The van der Waals surface area contributed by atoms with Crippen LogP contribution in [0.3, 0.4) is 0 Å². The van der Waals surface area contributed by atoms with E-state index in [-0.39, 0.29) is 87.5 Å². The molecule has 0 atom stereocenters. The third kappa shape index (κ3) is 7.55. The Labute approximate surface area is 230 Å². The fourth-order valence-electron chi connectivity index (χ4n) is 2.51. The molecule has 162 valence electrons. The van der Waals surface area contributed by atoms with Gasteiger partial charge in [0.1, 0.15) is 37.5 Å². The summed E-state index contributed by atoms with van der Waals surface area (Å²) in [4.78, 5) is 11.2. The van der Waals surface area contributed by atoms with Crippen molar-refractivity contribution in [3.63, 3.8) is 0 Å². The molecule has 0 radical (unpaired) electrons. The summed E-state index contributed by atoms with van der Waals surface area (Å²) in [5.74, 6) is -1.24. The Bertz CT molecular complexity index is 1220. The Hall–Kier alpha value is -0.930. The van der Waals surface area contributed by atoms with Gasteiger partial charge in [0.15, 0.2) is 5.78 Å². The maximum atomic E-state index is 12.6. The van der Waals surface area contributed by atoms with Crippen LogP contribution in [-0.4, -0.2) is 53.1 Å². The minimum absolute atomic E-state index is 0. The zero-order valence-electron chi connectivity index (χ0n) is 17.9. The van der Waals surface area contributed by atoms with E-state index in [9.17, 15) is 30.7 Å². The summed E-state index contributed by atoms with van der Waals surface area (Å²) in [6.45, 7) is 0. The van der Waals surface area contributed by atoms with Gasteiger partial charge in [-0.05, 0) is 29.8 Å². The normalized spacial score (nSPS) is 11.3. The Balaban J connectivity index is 0.00000480. The number of ketones is 1. The zero-order chi connectivity index (χ0) is 22.7. The predicted molar refractivity (Wildman–Crippen MR) is 102 cm³/mol. The molecule has 0 bridgehead atoms. The Morgan fingerprint density at radius 2 is 1.28 bits per heavy atom. The summed E-state index contributed by atoms with van der Waals surface area (Å²) in [5.41, 5.74) is -0.0584. The molecule has 0 aliphatic heterocycles. The number of benzene rings is 2. The summed E-state index contributed by atoms with van der Waals surface area (Å²) < 4.78 is 83.2. The van der Waals surface area contributed by atoms with Crippen LogP contribution in [0, 0.1) is 0 Å². The maximum Gasteiger partial charge on any atom is 1.00 e. The van der Waals surface area contributed by atoms with Crippen molar-refractivity contribution in [2.75, 3.05) is 21.3 Å². The molecule has 0 saturated heterocycles. The number of rotatable bonds is 8. The summed E-state index contributed by atoms with van der Waals surface area (Å²) >= 11 is 0. The van der Waals surface area contributed by atoms with Crippen molar-refractivity contribution >= 4 is 32.1 Å². The smallest absolute Gasteiger partial charge is 0.744 e. The molecule has 0 spiro atoms. The Morgan fingerprint density at radius 1 is 0.781 bits per heavy atom. The molecule has 0 aliphatic rings. The molecule has 0 aromatic heterocycles. The van der Waals surface area contributed by atoms with Crippen molar-refractivity contribution in [3.05, 3.63) is 47.5 Å². The topological polar surface area (TPSA) is 159 Å². The Kier molecular flexibility index (Phi) is 12.1. The molecule has 32 heavy (non-hydrogen) atoms. The second-order valence-electron chi connectivity index (χ2n) is 5.72. The van der Waals surface area contributed by atoms with Crippen LogP contribution >= 0.6 is 0 Å². The molecule has 0 N–H and O–H groups in total. The van der Waals surface area contributed by atoms with E-state index < -0.39 is 35.8 Å². The molecule has 0 heterocycles. The van der Waals surface area contributed by atoms with Gasteiger partial charge in [0, 0.05) is 6.07 Å². The number of ether oxygens (including phenoxy) is 3. The molecule has 2 aromatic rings. The molecule has 0 aliphatic carbocycles. The zero-order valence-corrected chi connectivity index (χ0v) is 23.6. The Morgan fingerprint density at radius 3 is 1.75 bits per heavy atom. The van der Waals surface area contributed by atoms with Crippen LogP contribution in [0.5, 0.6) is 17.2 Å². The summed E-state index contributed by atoms with van der Waals surface area (Å²) in [7, 11) is -6.20. The molecule has 14 heteroatoms. The van der Waals surface area contributed by atoms with Gasteiger partial charge in [-0.25, -0.2) is 16.8 Å². The average Bonchev–Trinajstić information content (AvgIpc) is 2.69. The van der Waals surface area contributed by atoms with Crippen molar-refractivity contribution in [1.82, 2.24) is 0 Å².